The number of hydrogen-bond acceptors (Lipinski definition) is 9. The number of rotatable bonds is 15. The van der Waals surface area contributed by atoms with Crippen molar-refractivity contribution in [3.05, 3.63) is 196 Å². The smallest absolute Gasteiger partial charge is 0.338 e. The summed E-state index contributed by atoms with van der Waals surface area (Å²) in [4.78, 5) is 42.9. The molecule has 1 aliphatic carbocycles. The molecule has 11 rings (SSSR count). The number of aromatic nitrogens is 6. The molecule has 5 aromatic heterocycles. The molecule has 0 amide bonds. The highest BCUT2D eigenvalue weighted by atomic mass is 32.2. The van der Waals surface area contributed by atoms with Crippen LogP contribution in [-0.2, 0) is 79.7 Å². The highest BCUT2D eigenvalue weighted by Gasteiger charge is 2.29. The molecule has 0 bridgehead atoms. The Morgan fingerprint density at radius 3 is 2.07 bits per heavy atom. The largest absolute Gasteiger partial charge is 0.481 e. The van der Waals surface area contributed by atoms with E-state index in [-0.39, 0.29) is 48.6 Å². The maximum atomic E-state index is 13.8. The molecule has 5 heterocycles. The lowest BCUT2D eigenvalue weighted by atomic mass is 9.92. The number of sulfone groups is 1. The average molecular weight is 1160 g/mol. The van der Waals surface area contributed by atoms with Crippen molar-refractivity contribution in [3.8, 4) is 0 Å². The molecule has 82 heavy (non-hydrogen) atoms. The number of aryl methyl sites for hydroxylation is 2. The van der Waals surface area contributed by atoms with E-state index in [2.05, 4.69) is 9.71 Å². The second-order valence-corrected chi connectivity index (χ2v) is 23.7. The van der Waals surface area contributed by atoms with Crippen LogP contribution in [-0.4, -0.2) is 86.0 Å². The zero-order valence-electron chi connectivity index (χ0n) is 44.7. The predicted octanol–water partition coefficient (Wildman–Crippen LogP) is 9.52. The fourth-order valence-electron chi connectivity index (χ4n) is 10.6. The Bertz CT molecular complexity index is 4310. The topological polar surface area (TPSA) is 237 Å². The number of sulfonamides is 1. The number of benzene rings is 5. The number of nitrogens with zero attached hydrogens (tertiary/aromatic N) is 6. The van der Waals surface area contributed by atoms with Crippen molar-refractivity contribution < 1.29 is 59.9 Å². The number of carboxylic acids is 3. The lowest BCUT2D eigenvalue weighted by Crippen LogP contribution is -2.39. The number of imidazole rings is 1. The number of carbonyl (C=O) groups is 3. The molecule has 0 radical (unpaired) electrons. The zero-order valence-corrected chi connectivity index (χ0v) is 46.3. The number of aliphatic carboxylic acids is 3. The summed E-state index contributed by atoms with van der Waals surface area (Å²) in [6.07, 6.45) is 5.19. The number of nitrogens with one attached hydrogen (secondary N) is 1. The molecule has 4 N–H and O–H groups in total. The van der Waals surface area contributed by atoms with Gasteiger partial charge >= 0.3 is 23.6 Å². The van der Waals surface area contributed by atoms with Crippen LogP contribution in [0.15, 0.2) is 149 Å². The van der Waals surface area contributed by atoms with Crippen molar-refractivity contribution in [3.63, 3.8) is 0 Å². The summed E-state index contributed by atoms with van der Waals surface area (Å²) in [5.74, 6) is -2.75. The summed E-state index contributed by atoms with van der Waals surface area (Å²) in [6, 6.07) is 37.3. The van der Waals surface area contributed by atoms with E-state index < -0.39 is 43.6 Å². The number of carboxylic acid groups (broad SMARTS) is 3. The monoisotopic (exact) mass is 1150 g/mol. The van der Waals surface area contributed by atoms with Gasteiger partial charge in [-0.15, -0.1) is 4.98 Å². The van der Waals surface area contributed by atoms with Crippen molar-refractivity contribution in [1.29, 1.82) is 0 Å². The first-order valence-electron chi connectivity index (χ1n) is 25.8. The third-order valence-electron chi connectivity index (χ3n) is 14.6. The lowest BCUT2D eigenvalue weighted by molar-refractivity contribution is -0.671. The van der Waals surface area contributed by atoms with Crippen molar-refractivity contribution in [2.24, 2.45) is 0 Å². The number of pyridine rings is 2. The van der Waals surface area contributed by atoms with E-state index >= 15 is 0 Å². The minimum absolute atomic E-state index is 0. The van der Waals surface area contributed by atoms with Crippen LogP contribution in [0.25, 0.3) is 43.9 Å². The molecule has 21 heteroatoms. The van der Waals surface area contributed by atoms with Crippen LogP contribution in [0.2, 0.25) is 0 Å². The van der Waals surface area contributed by atoms with Gasteiger partial charge in [0.2, 0.25) is 15.8 Å². The maximum Gasteiger partial charge on any atom is 0.338 e. The number of fused-ring (bicyclic) bond motifs is 6. The molecule has 0 aliphatic heterocycles. The predicted molar refractivity (Wildman–Crippen MR) is 308 cm³/mol. The van der Waals surface area contributed by atoms with Crippen LogP contribution in [0, 0.1) is 32.4 Å². The van der Waals surface area contributed by atoms with Gasteiger partial charge in [0.25, 0.3) is 0 Å². The van der Waals surface area contributed by atoms with Crippen LogP contribution in [0.1, 0.15) is 65.4 Å². The first-order chi connectivity index (χ1) is 38.6. The highest BCUT2D eigenvalue weighted by molar-refractivity contribution is 7.90. The van der Waals surface area contributed by atoms with E-state index in [9.17, 15) is 50.2 Å². The van der Waals surface area contributed by atoms with Gasteiger partial charge in [0, 0.05) is 76.5 Å². The van der Waals surface area contributed by atoms with Crippen LogP contribution in [0.4, 0.5) is 8.78 Å². The molecule has 0 unspecified atom stereocenters. The zero-order chi connectivity index (χ0) is 57.9. The Balaban J connectivity index is 0.000000160. The third kappa shape index (κ3) is 13.1. The van der Waals surface area contributed by atoms with Crippen molar-refractivity contribution in [2.45, 2.75) is 102 Å². The summed E-state index contributed by atoms with van der Waals surface area (Å²) < 4.78 is 85.9. The molecule has 426 valence electrons. The standard InChI is InChI=1S/C21H21FN2O4S.C21H17FN2O2.C18H19N3O4S.CH4/c22-14-5-8-16(9-6-14)29(27,28)23-15-7-10-20-18(13-15)17-3-1-2-4-19(17)24(20)12-11-21(25)26;1-13-17(11-16-8-6-14-4-2-3-5-19(14)23-16)18-10-15(22)7-9-20(18)24(13)12-21(25)26;1-12-9-15(26(3,24)25)7-6-14(12)10-21-13(2)20(11-17(22)23)16-5-4-8-19-18(16)21;/h1-6,8-9,15,23H,7,10-13H2,(H,25,26);2-10H,11-12H2,1H3,(H,25,26);4-9H,10-11H2,1-3H3;1H4/p+1/t15-;;;/m1.../s1. The quantitative estimate of drug-likeness (QED) is 0.0703. The van der Waals surface area contributed by atoms with Crippen molar-refractivity contribution >= 4 is 81.6 Å². The molecule has 5 aromatic carbocycles. The lowest BCUT2D eigenvalue weighted by Gasteiger charge is -2.25. The average Bonchev–Trinajstić information content (AvgIpc) is 2.77. The Labute approximate surface area is 472 Å². The van der Waals surface area contributed by atoms with Gasteiger partial charge in [0.15, 0.2) is 21.9 Å². The van der Waals surface area contributed by atoms with Gasteiger partial charge < -0.3 is 24.5 Å². The molecule has 1 atom stereocenters. The second kappa shape index (κ2) is 24.6. The summed E-state index contributed by atoms with van der Waals surface area (Å²) in [6.45, 7) is 6.15. The Morgan fingerprint density at radius 2 is 1.37 bits per heavy atom. The molecular formula is C61H62F2N7O10S2+. The fraction of sp³-hybridized carbons (Fsp3) is 0.246. The van der Waals surface area contributed by atoms with E-state index in [1.54, 1.807) is 45.7 Å². The molecule has 0 fully saturated rings. The second-order valence-electron chi connectivity index (χ2n) is 19.9. The van der Waals surface area contributed by atoms with Crippen molar-refractivity contribution in [2.75, 3.05) is 6.26 Å². The highest BCUT2D eigenvalue weighted by Crippen LogP contribution is 2.34. The normalized spacial score (nSPS) is 13.2. The van der Waals surface area contributed by atoms with Gasteiger partial charge in [-0.25, -0.2) is 44.3 Å². The summed E-state index contributed by atoms with van der Waals surface area (Å²) in [5, 5.41) is 30.3. The molecule has 0 spiro atoms. The van der Waals surface area contributed by atoms with Gasteiger partial charge in [-0.05, 0) is 140 Å². The first kappa shape index (κ1) is 59.5. The van der Waals surface area contributed by atoms with Crippen LogP contribution in [0.5, 0.6) is 0 Å². The summed E-state index contributed by atoms with van der Waals surface area (Å²) in [7, 11) is -7.00. The van der Waals surface area contributed by atoms with Gasteiger partial charge in [-0.3, -0.25) is 14.6 Å². The van der Waals surface area contributed by atoms with Crippen molar-refractivity contribution in [1.82, 2.24) is 28.4 Å². The molecule has 10 aromatic rings. The molecule has 0 saturated carbocycles. The number of halogens is 2. The third-order valence-corrected chi connectivity index (χ3v) is 17.2. The molecule has 1 aliphatic rings. The van der Waals surface area contributed by atoms with Crippen LogP contribution in [0.3, 0.4) is 0 Å². The summed E-state index contributed by atoms with van der Waals surface area (Å²) in [5.41, 5.74) is 10.6. The SMILES string of the molecule is C.Cc1c(Cc2ccc3ccccc3n2)c2cc(F)ccc2n1CC(=O)O.Cc1cc(S(C)(=O)=O)ccc1C[n+]1c(C)n(CC(=O)O)c2cccnc21.O=C(O)CCn1c2c(c3ccccc31)C[C@H](NS(=O)(=O)c1ccc(F)cc1)CC2. The van der Waals surface area contributed by atoms with E-state index in [4.69, 9.17) is 10.1 Å². The number of para-hydroxylation sites is 2. The molecule has 0 saturated heterocycles. The van der Waals surface area contributed by atoms with Gasteiger partial charge in [0.1, 0.15) is 24.4 Å². The number of hydrogen-bond donors (Lipinski definition) is 4. The van der Waals surface area contributed by atoms with E-state index in [1.807, 2.05) is 96.6 Å². The first-order valence-corrected chi connectivity index (χ1v) is 29.2. The van der Waals surface area contributed by atoms with E-state index in [0.717, 1.165) is 95.5 Å². The van der Waals surface area contributed by atoms with Gasteiger partial charge in [-0.1, -0.05) is 56.0 Å². The maximum absolute atomic E-state index is 13.8. The van der Waals surface area contributed by atoms with Gasteiger partial charge in [0.05, 0.1) is 28.3 Å². The summed E-state index contributed by atoms with van der Waals surface area (Å²) >= 11 is 0. The minimum Gasteiger partial charge on any atom is -0.481 e. The van der Waals surface area contributed by atoms with Crippen LogP contribution < -0.4 is 9.29 Å². The fourth-order valence-corrected chi connectivity index (χ4v) is 12.6. The Hall–Kier alpha value is -8.66. The Morgan fingerprint density at radius 1 is 0.707 bits per heavy atom. The minimum atomic E-state index is -3.75. The van der Waals surface area contributed by atoms with E-state index in [1.165, 1.54) is 30.5 Å². The molecular weight excluding hydrogens is 1090 g/mol. The van der Waals surface area contributed by atoms with Crippen LogP contribution >= 0.6 is 0 Å². The molecule has 17 nitrogen and oxygen atoms in total. The van der Waals surface area contributed by atoms with E-state index in [0.29, 0.717) is 44.4 Å². The van der Waals surface area contributed by atoms with Gasteiger partial charge in [-0.2, -0.15) is 0 Å². The Kier molecular flexibility index (Phi) is 17.8.